The first-order valence-corrected chi connectivity index (χ1v) is 19.7. The highest BCUT2D eigenvalue weighted by atomic mass is 32.2. The number of alkyl halides is 2. The molecule has 6 bridgehead atoms. The van der Waals surface area contributed by atoms with Crippen molar-refractivity contribution in [2.75, 3.05) is 0 Å². The quantitative estimate of drug-likeness (QED) is 0.133. The Bertz CT molecular complexity index is 1630. The maximum Gasteiger partial charge on any atom is 0.377 e. The maximum atomic E-state index is 13.6. The van der Waals surface area contributed by atoms with Crippen molar-refractivity contribution in [2.24, 2.45) is 47.3 Å². The Morgan fingerprint density at radius 3 is 1.73 bits per heavy atom. The summed E-state index contributed by atoms with van der Waals surface area (Å²) in [5, 5.41) is 0. The summed E-state index contributed by atoms with van der Waals surface area (Å²) in [5.41, 5.74) is -0.503. The summed E-state index contributed by atoms with van der Waals surface area (Å²) in [7, 11) is -0.0146. The molecule has 6 nitrogen and oxygen atoms in total. The molecule has 3 aromatic rings. The van der Waals surface area contributed by atoms with Gasteiger partial charge in [-0.2, -0.15) is 8.78 Å². The molecule has 7 fully saturated rings. The summed E-state index contributed by atoms with van der Waals surface area (Å²) in [6, 6.07) is 32.2. The van der Waals surface area contributed by atoms with Crippen LogP contribution in [0.2, 0.25) is 0 Å². The fraction of sp³-hybridized carbons (Fsp3) is 0.500. The van der Waals surface area contributed by atoms with Gasteiger partial charge < -0.3 is 14.2 Å². The van der Waals surface area contributed by atoms with Gasteiger partial charge >= 0.3 is 23.8 Å². The van der Waals surface area contributed by atoms with Crippen molar-refractivity contribution in [3.8, 4) is 0 Å². The highest BCUT2D eigenvalue weighted by Crippen LogP contribution is 2.63. The molecule has 0 N–H and O–H groups in total. The number of carbonyl (C=O) groups excluding carboxylic acids is 3. The van der Waals surface area contributed by atoms with Crippen molar-refractivity contribution in [3.63, 3.8) is 0 Å². The minimum atomic E-state index is -3.65. The Labute approximate surface area is 301 Å². The SMILES string of the molecule is CCC1(OC(=O)C2C3CC4C(OC(=O)C42)C3OC(=O)C(C)(F)F)C2CC3CC(C2)CC1C3.c1ccc([S+](c2ccccc2)c2ccccc2)cc1. The standard InChI is InChI=1S/C24H30F2O6.C18H15S/c1-3-24(12-5-10-4-11(7-12)8-13(24)6-10)32-21(28)17-15-9-14-16(17)20(27)30-18(14)19(15)31-22(29)23(2,25)26;1-4-10-16(11-5-1)19(17-12-6-2-7-13-17)18-14-8-3-9-15-18/h10-19H,3-9H2,1-2H3;1-15H/q;+1. The van der Waals surface area contributed by atoms with E-state index in [1.54, 1.807) is 0 Å². The summed E-state index contributed by atoms with van der Waals surface area (Å²) < 4.78 is 43.9. The molecule has 0 amide bonds. The topological polar surface area (TPSA) is 78.9 Å². The zero-order chi connectivity index (χ0) is 35.5. The Hall–Kier alpha value is -3.72. The smallest absolute Gasteiger partial charge is 0.377 e. The molecule has 0 radical (unpaired) electrons. The van der Waals surface area contributed by atoms with Crippen molar-refractivity contribution < 1.29 is 37.4 Å². The van der Waals surface area contributed by atoms with Gasteiger partial charge in [-0.15, -0.1) is 0 Å². The zero-order valence-electron chi connectivity index (χ0n) is 29.0. The van der Waals surface area contributed by atoms with Gasteiger partial charge in [-0.05, 0) is 105 Å². The Morgan fingerprint density at radius 1 is 0.784 bits per heavy atom. The van der Waals surface area contributed by atoms with Crippen molar-refractivity contribution in [1.82, 2.24) is 0 Å². The number of hydrogen-bond acceptors (Lipinski definition) is 6. The van der Waals surface area contributed by atoms with E-state index in [2.05, 4.69) is 97.9 Å². The van der Waals surface area contributed by atoms with Crippen molar-refractivity contribution in [3.05, 3.63) is 91.0 Å². The van der Waals surface area contributed by atoms with Gasteiger partial charge in [0.1, 0.15) is 17.8 Å². The molecule has 1 heterocycles. The summed E-state index contributed by atoms with van der Waals surface area (Å²) >= 11 is 0. The van der Waals surface area contributed by atoms with E-state index in [9.17, 15) is 23.2 Å². The van der Waals surface area contributed by atoms with E-state index in [1.807, 2.05) is 0 Å². The average Bonchev–Trinajstić information content (AvgIpc) is 3.75. The van der Waals surface area contributed by atoms with E-state index in [-0.39, 0.29) is 16.8 Å². The first kappa shape index (κ1) is 34.4. The summed E-state index contributed by atoms with van der Waals surface area (Å²) in [5.74, 6) is -6.30. The van der Waals surface area contributed by atoms with Gasteiger partial charge in [0.2, 0.25) is 0 Å². The van der Waals surface area contributed by atoms with Crippen LogP contribution in [0.3, 0.4) is 0 Å². The minimum Gasteiger partial charge on any atom is -0.458 e. The number of hydrogen-bond donors (Lipinski definition) is 0. The lowest BCUT2D eigenvalue weighted by atomic mass is 9.49. The van der Waals surface area contributed by atoms with E-state index >= 15 is 0 Å². The molecule has 51 heavy (non-hydrogen) atoms. The molecule has 0 spiro atoms. The molecular formula is C42H45F2O6S+. The van der Waals surface area contributed by atoms with Gasteiger partial charge in [0.05, 0.1) is 22.7 Å². The van der Waals surface area contributed by atoms with Crippen LogP contribution in [0.1, 0.15) is 58.8 Å². The fourth-order valence-electron chi connectivity index (χ4n) is 10.8. The molecule has 7 aliphatic rings. The summed E-state index contributed by atoms with van der Waals surface area (Å²) in [4.78, 5) is 42.2. The fourth-order valence-corrected chi connectivity index (χ4v) is 12.9. The van der Waals surface area contributed by atoms with Gasteiger partial charge in [0.25, 0.3) is 0 Å². The van der Waals surface area contributed by atoms with Crippen LogP contribution >= 0.6 is 0 Å². The van der Waals surface area contributed by atoms with Crippen molar-refractivity contribution in [1.29, 1.82) is 0 Å². The van der Waals surface area contributed by atoms with Gasteiger partial charge in [-0.3, -0.25) is 9.59 Å². The first-order chi connectivity index (χ1) is 24.6. The molecule has 6 atom stereocenters. The molecule has 1 aliphatic heterocycles. The minimum absolute atomic E-state index is 0.0146. The second-order valence-corrected chi connectivity index (χ2v) is 17.6. The lowest BCUT2D eigenvalue weighted by Crippen LogP contribution is -2.60. The number of esters is 3. The summed E-state index contributed by atoms with van der Waals surface area (Å²) in [6.45, 7) is 2.55. The Kier molecular flexibility index (Phi) is 9.00. The predicted molar refractivity (Wildman–Crippen MR) is 187 cm³/mol. The second-order valence-electron chi connectivity index (χ2n) is 15.6. The highest BCUT2D eigenvalue weighted by Gasteiger charge is 2.71. The van der Waals surface area contributed by atoms with E-state index in [0.717, 1.165) is 43.9 Å². The predicted octanol–water partition coefficient (Wildman–Crippen LogP) is 8.29. The van der Waals surface area contributed by atoms with Crippen molar-refractivity contribution >= 4 is 28.8 Å². The molecular weight excluding hydrogens is 671 g/mol. The lowest BCUT2D eigenvalue weighted by molar-refractivity contribution is -0.218. The summed E-state index contributed by atoms with van der Waals surface area (Å²) in [6.07, 6.45) is 5.07. The van der Waals surface area contributed by atoms with Crippen molar-refractivity contribution in [2.45, 2.75) is 97.2 Å². The molecule has 9 heteroatoms. The molecule has 6 saturated carbocycles. The number of benzene rings is 3. The molecule has 10 rings (SSSR count). The second kappa shape index (κ2) is 13.4. The highest BCUT2D eigenvalue weighted by molar-refractivity contribution is 7.97. The van der Waals surface area contributed by atoms with Crippen LogP contribution in [0, 0.1) is 47.3 Å². The van der Waals surface area contributed by atoms with Gasteiger partial charge in [0, 0.05) is 18.8 Å². The van der Waals surface area contributed by atoms with E-state index in [4.69, 9.17) is 14.2 Å². The van der Waals surface area contributed by atoms with Crippen LogP contribution in [-0.2, 0) is 39.5 Å². The third-order valence-electron chi connectivity index (χ3n) is 12.7. The molecule has 0 aromatic heterocycles. The Balaban J connectivity index is 0.000000168. The molecule has 6 aliphatic carbocycles. The van der Waals surface area contributed by atoms with Gasteiger partial charge in [-0.25, -0.2) is 4.79 Å². The van der Waals surface area contributed by atoms with Crippen LogP contribution in [-0.4, -0.2) is 41.6 Å². The monoisotopic (exact) mass is 715 g/mol. The van der Waals surface area contributed by atoms with Crippen LogP contribution in [0.4, 0.5) is 8.78 Å². The molecule has 1 saturated heterocycles. The van der Waals surface area contributed by atoms with Gasteiger partial charge in [0.15, 0.2) is 14.7 Å². The van der Waals surface area contributed by atoms with Crippen LogP contribution < -0.4 is 0 Å². The number of fused-ring (bicyclic) bond motifs is 1. The Morgan fingerprint density at radius 2 is 1.27 bits per heavy atom. The number of carbonyl (C=O) groups is 3. The normalized spacial score (nSPS) is 35.3. The van der Waals surface area contributed by atoms with E-state index < -0.39 is 59.4 Å². The third-order valence-corrected chi connectivity index (χ3v) is 15.0. The zero-order valence-corrected chi connectivity index (χ0v) is 29.8. The largest absolute Gasteiger partial charge is 0.458 e. The molecule has 268 valence electrons. The van der Waals surface area contributed by atoms with Crippen LogP contribution in [0.15, 0.2) is 106 Å². The van der Waals surface area contributed by atoms with Gasteiger partial charge in [-0.1, -0.05) is 61.5 Å². The lowest BCUT2D eigenvalue weighted by Gasteiger charge is -2.60. The van der Waals surface area contributed by atoms with E-state index in [1.165, 1.54) is 21.1 Å². The van der Waals surface area contributed by atoms with E-state index in [0.29, 0.717) is 25.2 Å². The van der Waals surface area contributed by atoms with Crippen LogP contribution in [0.25, 0.3) is 0 Å². The number of rotatable bonds is 8. The number of ether oxygens (including phenoxy) is 3. The average molecular weight is 716 g/mol. The third kappa shape index (κ3) is 6.07. The molecule has 3 aromatic carbocycles. The molecule has 6 unspecified atom stereocenters. The maximum absolute atomic E-state index is 13.6. The first-order valence-electron chi connectivity index (χ1n) is 18.5. The van der Waals surface area contributed by atoms with Crippen LogP contribution in [0.5, 0.6) is 0 Å². The number of halogens is 2.